The monoisotopic (exact) mass is 292 g/mol. The van der Waals surface area contributed by atoms with Crippen LogP contribution in [0.3, 0.4) is 0 Å². The third-order valence-electron chi connectivity index (χ3n) is 2.54. The van der Waals surface area contributed by atoms with Gasteiger partial charge >= 0.3 is 0 Å². The largest absolute Gasteiger partial charge is 0.279 e. The minimum absolute atomic E-state index is 0.0394. The van der Waals surface area contributed by atoms with E-state index in [9.17, 15) is 12.8 Å². The van der Waals surface area contributed by atoms with Crippen LogP contribution in [0.4, 0.5) is 10.1 Å². The number of nitrogens with one attached hydrogen (secondary N) is 1. The van der Waals surface area contributed by atoms with E-state index in [-0.39, 0.29) is 10.5 Å². The third-order valence-corrected chi connectivity index (χ3v) is 3.71. The second-order valence-electron chi connectivity index (χ2n) is 4.19. The van der Waals surface area contributed by atoms with E-state index >= 15 is 0 Å². The molecule has 0 spiro atoms. The van der Waals surface area contributed by atoms with Crippen molar-refractivity contribution in [2.45, 2.75) is 4.90 Å². The average molecular weight is 292 g/mol. The van der Waals surface area contributed by atoms with Gasteiger partial charge in [-0.2, -0.15) is 5.10 Å². The Morgan fingerprint density at radius 3 is 2.50 bits per heavy atom. The Hall–Kier alpha value is -2.21. The highest BCUT2D eigenvalue weighted by molar-refractivity contribution is 7.90. The first-order chi connectivity index (χ1) is 9.47. The van der Waals surface area contributed by atoms with Gasteiger partial charge in [-0.3, -0.25) is 5.43 Å². The molecular weight excluding hydrogens is 279 g/mol. The summed E-state index contributed by atoms with van der Waals surface area (Å²) in [6.07, 6.45) is 2.36. The highest BCUT2D eigenvalue weighted by Crippen LogP contribution is 2.15. The maximum absolute atomic E-state index is 13.2. The van der Waals surface area contributed by atoms with Crippen molar-refractivity contribution in [3.63, 3.8) is 0 Å². The predicted molar refractivity (Wildman–Crippen MR) is 77.2 cm³/mol. The van der Waals surface area contributed by atoms with Gasteiger partial charge in [-0.05, 0) is 30.3 Å². The van der Waals surface area contributed by atoms with Crippen molar-refractivity contribution >= 4 is 21.7 Å². The maximum Gasteiger partial charge on any atom is 0.176 e. The lowest BCUT2D eigenvalue weighted by Gasteiger charge is -2.04. The average Bonchev–Trinajstić information content (AvgIpc) is 2.38. The summed E-state index contributed by atoms with van der Waals surface area (Å²) in [4.78, 5) is 0.0394. The van der Waals surface area contributed by atoms with Crippen LogP contribution in [-0.2, 0) is 9.84 Å². The molecule has 0 saturated heterocycles. The van der Waals surface area contributed by atoms with Gasteiger partial charge < -0.3 is 0 Å². The van der Waals surface area contributed by atoms with Gasteiger partial charge in [0.05, 0.1) is 16.8 Å². The van der Waals surface area contributed by atoms with E-state index in [4.69, 9.17) is 0 Å². The van der Waals surface area contributed by atoms with Gasteiger partial charge in [0.1, 0.15) is 5.82 Å². The number of para-hydroxylation sites is 1. The Balaban J connectivity index is 2.27. The van der Waals surface area contributed by atoms with E-state index < -0.39 is 15.7 Å². The van der Waals surface area contributed by atoms with Crippen LogP contribution >= 0.6 is 0 Å². The summed E-state index contributed by atoms with van der Waals surface area (Å²) in [6.45, 7) is 0. The van der Waals surface area contributed by atoms with Crippen molar-refractivity contribution in [3.05, 3.63) is 59.9 Å². The van der Waals surface area contributed by atoms with E-state index in [0.29, 0.717) is 0 Å². The molecule has 0 aliphatic heterocycles. The Labute approximate surface area is 116 Å². The SMILES string of the molecule is CS(=O)(=O)c1ccc(F)cc1C=NNc1ccccc1. The van der Waals surface area contributed by atoms with Crippen molar-refractivity contribution in [1.29, 1.82) is 0 Å². The van der Waals surface area contributed by atoms with E-state index in [1.54, 1.807) is 12.1 Å². The Bertz CT molecular complexity index is 728. The molecule has 0 fully saturated rings. The molecule has 0 aliphatic rings. The van der Waals surface area contributed by atoms with E-state index in [1.165, 1.54) is 12.3 Å². The molecule has 104 valence electrons. The summed E-state index contributed by atoms with van der Waals surface area (Å²) in [5.74, 6) is -0.515. The number of anilines is 1. The molecule has 0 atom stereocenters. The van der Waals surface area contributed by atoms with Crippen molar-refractivity contribution < 1.29 is 12.8 Å². The van der Waals surface area contributed by atoms with Gasteiger partial charge in [0.2, 0.25) is 0 Å². The van der Waals surface area contributed by atoms with Crippen molar-refractivity contribution in [3.8, 4) is 0 Å². The molecule has 0 saturated carbocycles. The normalized spacial score (nSPS) is 11.7. The topological polar surface area (TPSA) is 58.5 Å². The van der Waals surface area contributed by atoms with Crippen LogP contribution in [0.2, 0.25) is 0 Å². The van der Waals surface area contributed by atoms with E-state index in [1.807, 2.05) is 18.2 Å². The van der Waals surface area contributed by atoms with E-state index in [2.05, 4.69) is 10.5 Å². The number of rotatable bonds is 4. The fourth-order valence-electron chi connectivity index (χ4n) is 1.65. The third kappa shape index (κ3) is 3.64. The lowest BCUT2D eigenvalue weighted by molar-refractivity contribution is 0.600. The number of halogens is 1. The molecule has 2 aromatic rings. The maximum atomic E-state index is 13.2. The summed E-state index contributed by atoms with van der Waals surface area (Å²) in [5.41, 5.74) is 3.70. The Morgan fingerprint density at radius 2 is 1.85 bits per heavy atom. The zero-order chi connectivity index (χ0) is 14.6. The molecule has 0 aromatic heterocycles. The van der Waals surface area contributed by atoms with Crippen LogP contribution in [-0.4, -0.2) is 20.9 Å². The number of benzene rings is 2. The molecule has 1 N–H and O–H groups in total. The van der Waals surface area contributed by atoms with Gasteiger partial charge in [0.15, 0.2) is 9.84 Å². The van der Waals surface area contributed by atoms with Gasteiger partial charge in [-0.15, -0.1) is 0 Å². The van der Waals surface area contributed by atoms with Crippen LogP contribution in [0.25, 0.3) is 0 Å². The number of hydrogen-bond acceptors (Lipinski definition) is 4. The summed E-state index contributed by atoms with van der Waals surface area (Å²) in [5, 5.41) is 3.92. The standard InChI is InChI=1S/C14H13FN2O2S/c1-20(18,19)14-8-7-12(15)9-11(14)10-16-17-13-5-3-2-4-6-13/h2-10,17H,1H3. The molecule has 6 heteroatoms. The summed E-state index contributed by atoms with van der Waals surface area (Å²) >= 11 is 0. The van der Waals surface area contributed by atoms with Crippen molar-refractivity contribution in [2.75, 3.05) is 11.7 Å². The first-order valence-electron chi connectivity index (χ1n) is 5.80. The molecular formula is C14H13FN2O2S. The van der Waals surface area contributed by atoms with Crippen LogP contribution in [0.5, 0.6) is 0 Å². The molecule has 0 aliphatic carbocycles. The lowest BCUT2D eigenvalue weighted by Crippen LogP contribution is -2.03. The zero-order valence-corrected chi connectivity index (χ0v) is 11.6. The van der Waals surface area contributed by atoms with Crippen molar-refractivity contribution in [1.82, 2.24) is 0 Å². The quantitative estimate of drug-likeness (QED) is 0.535. The predicted octanol–water partition coefficient (Wildman–Crippen LogP) is 2.68. The van der Waals surface area contributed by atoms with Gasteiger partial charge in [-0.25, -0.2) is 12.8 Å². The Morgan fingerprint density at radius 1 is 1.15 bits per heavy atom. The number of sulfone groups is 1. The number of hydrogen-bond donors (Lipinski definition) is 1. The van der Waals surface area contributed by atoms with Gasteiger partial charge in [0, 0.05) is 11.8 Å². The van der Waals surface area contributed by atoms with Crippen LogP contribution in [0.1, 0.15) is 5.56 Å². The second-order valence-corrected chi connectivity index (χ2v) is 6.17. The molecule has 0 heterocycles. The molecule has 20 heavy (non-hydrogen) atoms. The molecule has 0 radical (unpaired) electrons. The summed E-state index contributed by atoms with van der Waals surface area (Å²) in [6, 6.07) is 12.6. The Kier molecular flexibility index (Phi) is 4.14. The molecule has 2 aromatic carbocycles. The van der Waals surface area contributed by atoms with Gasteiger partial charge in [0.25, 0.3) is 0 Å². The molecule has 4 nitrogen and oxygen atoms in total. The van der Waals surface area contributed by atoms with Crippen LogP contribution < -0.4 is 5.43 Å². The summed E-state index contributed by atoms with van der Waals surface area (Å²) in [7, 11) is -3.43. The van der Waals surface area contributed by atoms with E-state index in [0.717, 1.165) is 24.1 Å². The lowest BCUT2D eigenvalue weighted by atomic mass is 10.2. The second kappa shape index (κ2) is 5.83. The zero-order valence-electron chi connectivity index (χ0n) is 10.7. The fourth-order valence-corrected chi connectivity index (χ4v) is 2.50. The fraction of sp³-hybridized carbons (Fsp3) is 0.0714. The van der Waals surface area contributed by atoms with Gasteiger partial charge in [-0.1, -0.05) is 18.2 Å². The molecule has 0 unspecified atom stereocenters. The minimum Gasteiger partial charge on any atom is -0.279 e. The highest BCUT2D eigenvalue weighted by Gasteiger charge is 2.12. The smallest absolute Gasteiger partial charge is 0.176 e. The highest BCUT2D eigenvalue weighted by atomic mass is 32.2. The first kappa shape index (κ1) is 14.2. The van der Waals surface area contributed by atoms with Crippen LogP contribution in [0, 0.1) is 5.82 Å². The molecule has 0 bridgehead atoms. The van der Waals surface area contributed by atoms with Crippen molar-refractivity contribution in [2.24, 2.45) is 5.10 Å². The summed E-state index contributed by atoms with van der Waals surface area (Å²) < 4.78 is 36.4. The number of nitrogens with zero attached hydrogens (tertiary/aromatic N) is 1. The van der Waals surface area contributed by atoms with Crippen LogP contribution in [0.15, 0.2) is 58.5 Å². The minimum atomic E-state index is -3.43. The molecule has 0 amide bonds. The number of hydrazone groups is 1. The first-order valence-corrected chi connectivity index (χ1v) is 7.70. The molecule has 2 rings (SSSR count).